The molecule has 2 atom stereocenters. The lowest BCUT2D eigenvalue weighted by atomic mass is 10.2. The molecule has 0 aliphatic carbocycles. The zero-order valence-corrected chi connectivity index (χ0v) is 16.9. The van der Waals surface area contributed by atoms with E-state index in [9.17, 15) is 14.7 Å². The minimum Gasteiger partial charge on any atom is -0.480 e. The molecule has 0 unspecified atom stereocenters. The molecule has 28 heavy (non-hydrogen) atoms. The molecule has 0 aromatic heterocycles. The van der Waals surface area contributed by atoms with Crippen molar-refractivity contribution in [3.05, 3.63) is 35.9 Å². The van der Waals surface area contributed by atoms with Gasteiger partial charge < -0.3 is 19.3 Å². The fourth-order valence-corrected chi connectivity index (χ4v) is 3.00. The highest BCUT2D eigenvalue weighted by Gasteiger charge is 2.42. The fourth-order valence-electron chi connectivity index (χ4n) is 3.00. The van der Waals surface area contributed by atoms with E-state index in [-0.39, 0.29) is 19.1 Å². The largest absolute Gasteiger partial charge is 0.480 e. The van der Waals surface area contributed by atoms with Gasteiger partial charge in [-0.1, -0.05) is 30.3 Å². The van der Waals surface area contributed by atoms with Crippen molar-refractivity contribution < 1.29 is 28.9 Å². The Morgan fingerprint density at radius 3 is 2.46 bits per heavy atom. The summed E-state index contributed by atoms with van der Waals surface area (Å²) in [6, 6.07) is 9.09. The summed E-state index contributed by atoms with van der Waals surface area (Å²) in [4.78, 5) is 25.0. The van der Waals surface area contributed by atoms with Crippen molar-refractivity contribution >= 4 is 12.1 Å². The molecule has 1 aromatic rings. The molecule has 7 nitrogen and oxygen atoms in total. The van der Waals surface area contributed by atoms with E-state index in [1.807, 2.05) is 30.3 Å². The highest BCUT2D eigenvalue weighted by Crippen LogP contribution is 2.23. The lowest BCUT2D eigenvalue weighted by Gasteiger charge is -2.26. The van der Waals surface area contributed by atoms with Crippen LogP contribution in [0.4, 0.5) is 4.79 Å². The molecule has 0 bridgehead atoms. The summed E-state index contributed by atoms with van der Waals surface area (Å²) in [7, 11) is 0. The molecule has 1 aromatic carbocycles. The van der Waals surface area contributed by atoms with Gasteiger partial charge in [0.05, 0.1) is 19.3 Å². The number of hydrogen-bond acceptors (Lipinski definition) is 5. The maximum absolute atomic E-state index is 12.3. The lowest BCUT2D eigenvalue weighted by Crippen LogP contribution is -2.43. The van der Waals surface area contributed by atoms with Crippen molar-refractivity contribution in [1.29, 1.82) is 0 Å². The number of carbonyl (C=O) groups excluding carboxylic acids is 1. The Bertz CT molecular complexity index is 628. The van der Waals surface area contributed by atoms with Crippen LogP contribution in [-0.4, -0.2) is 59.6 Å². The van der Waals surface area contributed by atoms with E-state index in [1.165, 1.54) is 4.90 Å². The molecule has 0 spiro atoms. The Balaban J connectivity index is 1.65. The van der Waals surface area contributed by atoms with Crippen LogP contribution in [0.15, 0.2) is 30.3 Å². The first-order chi connectivity index (χ1) is 13.3. The monoisotopic (exact) mass is 393 g/mol. The van der Waals surface area contributed by atoms with Gasteiger partial charge in [-0.15, -0.1) is 0 Å². The molecule has 1 aliphatic heterocycles. The number of benzene rings is 1. The second-order valence-corrected chi connectivity index (χ2v) is 7.96. The van der Waals surface area contributed by atoms with Crippen molar-refractivity contribution in [2.75, 3.05) is 19.8 Å². The van der Waals surface area contributed by atoms with Gasteiger partial charge in [-0.25, -0.2) is 9.59 Å². The molecule has 0 saturated carbocycles. The molecule has 1 saturated heterocycles. The predicted octanol–water partition coefficient (Wildman–Crippen LogP) is 3.46. The standard InChI is InChI=1S/C21H31NO6/c1-21(2,3)28-20(25)22-14-17(13-18(22)19(23)24)27-12-8-7-11-26-15-16-9-5-4-6-10-16/h4-6,9-10,17-18H,7-8,11-15H2,1-3H3,(H,23,24)/t17-,18+/m1/s1. The molecule has 1 heterocycles. The number of nitrogens with zero attached hydrogens (tertiary/aromatic N) is 1. The van der Waals surface area contributed by atoms with Crippen LogP contribution in [0.25, 0.3) is 0 Å². The van der Waals surface area contributed by atoms with E-state index in [1.54, 1.807) is 20.8 Å². The van der Waals surface area contributed by atoms with Gasteiger partial charge >= 0.3 is 12.1 Å². The SMILES string of the molecule is CC(C)(C)OC(=O)N1C[C@H](OCCCCOCc2ccccc2)C[C@H]1C(=O)O. The molecule has 2 rings (SSSR count). The van der Waals surface area contributed by atoms with Crippen LogP contribution in [0.2, 0.25) is 0 Å². The Kier molecular flexibility index (Phi) is 8.26. The Morgan fingerprint density at radius 2 is 1.82 bits per heavy atom. The molecule has 1 N–H and O–H groups in total. The van der Waals surface area contributed by atoms with Crippen molar-refractivity contribution in [1.82, 2.24) is 4.90 Å². The van der Waals surface area contributed by atoms with Gasteiger partial charge in [0.2, 0.25) is 0 Å². The summed E-state index contributed by atoms with van der Waals surface area (Å²) in [5.74, 6) is -1.04. The number of carboxylic acids is 1. The van der Waals surface area contributed by atoms with Gasteiger partial charge in [-0.3, -0.25) is 4.90 Å². The lowest BCUT2D eigenvalue weighted by molar-refractivity contribution is -0.142. The molecule has 1 fully saturated rings. The van der Waals surface area contributed by atoms with Crippen molar-refractivity contribution in [3.8, 4) is 0 Å². The van der Waals surface area contributed by atoms with Crippen molar-refractivity contribution in [2.45, 2.75) is 64.4 Å². The van der Waals surface area contributed by atoms with Gasteiger partial charge in [-0.05, 0) is 39.2 Å². The van der Waals surface area contributed by atoms with Gasteiger partial charge in [-0.2, -0.15) is 0 Å². The van der Waals surface area contributed by atoms with Crippen LogP contribution in [0, 0.1) is 0 Å². The summed E-state index contributed by atoms with van der Waals surface area (Å²) in [5, 5.41) is 9.39. The third kappa shape index (κ3) is 7.48. The molecular formula is C21H31NO6. The number of rotatable bonds is 9. The van der Waals surface area contributed by atoms with Gasteiger partial charge in [0.1, 0.15) is 11.6 Å². The predicted molar refractivity (Wildman–Crippen MR) is 104 cm³/mol. The zero-order valence-electron chi connectivity index (χ0n) is 16.9. The summed E-state index contributed by atoms with van der Waals surface area (Å²) in [5.41, 5.74) is 0.477. The maximum atomic E-state index is 12.3. The number of carbonyl (C=O) groups is 2. The second kappa shape index (κ2) is 10.4. The van der Waals surface area contributed by atoms with E-state index < -0.39 is 23.7 Å². The molecular weight excluding hydrogens is 362 g/mol. The quantitative estimate of drug-likeness (QED) is 0.647. The van der Waals surface area contributed by atoms with Crippen LogP contribution in [0.5, 0.6) is 0 Å². The summed E-state index contributed by atoms with van der Waals surface area (Å²) in [6.07, 6.45) is 1.05. The van der Waals surface area contributed by atoms with E-state index in [0.29, 0.717) is 19.8 Å². The minimum atomic E-state index is -1.04. The number of ether oxygens (including phenoxy) is 3. The third-order valence-corrected chi connectivity index (χ3v) is 4.32. The first-order valence-electron chi connectivity index (χ1n) is 9.72. The Hall–Kier alpha value is -2.12. The smallest absolute Gasteiger partial charge is 0.411 e. The highest BCUT2D eigenvalue weighted by atomic mass is 16.6. The number of amides is 1. The van der Waals surface area contributed by atoms with E-state index in [2.05, 4.69) is 0 Å². The minimum absolute atomic E-state index is 0.233. The van der Waals surface area contributed by atoms with Crippen LogP contribution in [0.1, 0.15) is 45.6 Å². The third-order valence-electron chi connectivity index (χ3n) is 4.32. The van der Waals surface area contributed by atoms with Crippen LogP contribution in [0.3, 0.4) is 0 Å². The number of aliphatic carboxylic acids is 1. The Morgan fingerprint density at radius 1 is 1.14 bits per heavy atom. The average molecular weight is 393 g/mol. The molecule has 0 radical (unpaired) electrons. The molecule has 7 heteroatoms. The van der Waals surface area contributed by atoms with Crippen LogP contribution >= 0.6 is 0 Å². The maximum Gasteiger partial charge on any atom is 0.411 e. The fraction of sp³-hybridized carbons (Fsp3) is 0.619. The highest BCUT2D eigenvalue weighted by molar-refractivity contribution is 5.81. The van der Waals surface area contributed by atoms with Gasteiger partial charge in [0.15, 0.2) is 0 Å². The van der Waals surface area contributed by atoms with Crippen LogP contribution < -0.4 is 0 Å². The molecule has 156 valence electrons. The summed E-state index contributed by atoms with van der Waals surface area (Å²) < 4.78 is 16.7. The molecule has 1 aliphatic rings. The second-order valence-electron chi connectivity index (χ2n) is 7.96. The van der Waals surface area contributed by atoms with E-state index >= 15 is 0 Å². The van der Waals surface area contributed by atoms with Crippen LogP contribution in [-0.2, 0) is 25.6 Å². The number of carboxylic acid groups (broad SMARTS) is 1. The number of likely N-dealkylation sites (tertiary alicyclic amines) is 1. The summed E-state index contributed by atoms with van der Waals surface area (Å²) >= 11 is 0. The zero-order chi connectivity index (χ0) is 20.6. The first kappa shape index (κ1) is 22.2. The number of unbranched alkanes of at least 4 members (excludes halogenated alkanes) is 1. The normalized spacial score (nSPS) is 19.6. The average Bonchev–Trinajstić information content (AvgIpc) is 3.05. The van der Waals surface area contributed by atoms with Crippen molar-refractivity contribution in [2.24, 2.45) is 0 Å². The number of hydrogen-bond donors (Lipinski definition) is 1. The van der Waals surface area contributed by atoms with E-state index in [0.717, 1.165) is 18.4 Å². The first-order valence-corrected chi connectivity index (χ1v) is 9.72. The van der Waals surface area contributed by atoms with Gasteiger partial charge in [0.25, 0.3) is 0 Å². The van der Waals surface area contributed by atoms with E-state index in [4.69, 9.17) is 14.2 Å². The van der Waals surface area contributed by atoms with Gasteiger partial charge in [0, 0.05) is 19.6 Å². The molecule has 1 amide bonds. The van der Waals surface area contributed by atoms with Crippen molar-refractivity contribution in [3.63, 3.8) is 0 Å². The summed E-state index contributed by atoms with van der Waals surface area (Å²) in [6.45, 7) is 7.24. The topological polar surface area (TPSA) is 85.3 Å². The Labute approximate surface area is 166 Å².